The molecule has 0 spiro atoms. The highest BCUT2D eigenvalue weighted by Gasteiger charge is 2.29. The molecule has 1 aromatic rings. The summed E-state index contributed by atoms with van der Waals surface area (Å²) in [4.78, 5) is 12.9. The van der Waals surface area contributed by atoms with Crippen LogP contribution in [-0.4, -0.2) is 32.5 Å². The zero-order valence-corrected chi connectivity index (χ0v) is 15.3. The first-order chi connectivity index (χ1) is 11.1. The number of hydrogen-bond acceptors (Lipinski definition) is 5. The van der Waals surface area contributed by atoms with Gasteiger partial charge in [0.25, 0.3) is 5.69 Å². The smallest absolute Gasteiger partial charge is 0.293 e. The molecule has 0 aliphatic carbocycles. The molecule has 1 aromatic carbocycles. The Kier molecular flexibility index (Phi) is 5.49. The highest BCUT2D eigenvalue weighted by molar-refractivity contribution is 7.89. The van der Waals surface area contributed by atoms with Gasteiger partial charge in [0.05, 0.1) is 9.82 Å². The summed E-state index contributed by atoms with van der Waals surface area (Å²) in [6, 6.07) is 3.87. The molecule has 1 fully saturated rings. The van der Waals surface area contributed by atoms with E-state index in [0.717, 1.165) is 25.6 Å². The standard InChI is InChI=1S/C16H25N3O4S/c1-11(2)17-24(22,23)14-5-6-15(16(8-14)19(20)21)18-9-12(3)7-13(4)10-18/h5-6,8,11-13,17H,7,9-10H2,1-4H3/t12-,13-/m0/s1. The third-order valence-electron chi connectivity index (χ3n) is 4.05. The number of hydrogen-bond donors (Lipinski definition) is 1. The molecule has 1 aliphatic heterocycles. The van der Waals surface area contributed by atoms with E-state index in [0.29, 0.717) is 17.5 Å². The average Bonchev–Trinajstić information content (AvgIpc) is 2.44. The Labute approximate surface area is 143 Å². The molecule has 2 atom stereocenters. The molecule has 8 heteroatoms. The molecule has 0 radical (unpaired) electrons. The van der Waals surface area contributed by atoms with Crippen LogP contribution in [0.15, 0.2) is 23.1 Å². The number of anilines is 1. The first kappa shape index (κ1) is 18.7. The van der Waals surface area contributed by atoms with Gasteiger partial charge in [0.2, 0.25) is 10.0 Å². The highest BCUT2D eigenvalue weighted by Crippen LogP contribution is 2.34. The van der Waals surface area contributed by atoms with Crippen molar-refractivity contribution >= 4 is 21.4 Å². The summed E-state index contributed by atoms with van der Waals surface area (Å²) in [6.45, 7) is 9.14. The van der Waals surface area contributed by atoms with E-state index in [1.54, 1.807) is 19.9 Å². The molecular weight excluding hydrogens is 330 g/mol. The summed E-state index contributed by atoms with van der Waals surface area (Å²) in [5.74, 6) is 0.888. The van der Waals surface area contributed by atoms with Gasteiger partial charge in [0.1, 0.15) is 5.69 Å². The maximum atomic E-state index is 12.3. The predicted octanol–water partition coefficient (Wildman–Crippen LogP) is 2.76. The molecule has 0 saturated carbocycles. The Morgan fingerprint density at radius 1 is 1.25 bits per heavy atom. The van der Waals surface area contributed by atoms with Crippen molar-refractivity contribution in [3.63, 3.8) is 0 Å². The largest absolute Gasteiger partial charge is 0.365 e. The Morgan fingerprint density at radius 2 is 1.83 bits per heavy atom. The van der Waals surface area contributed by atoms with E-state index >= 15 is 0 Å². The van der Waals surface area contributed by atoms with Gasteiger partial charge in [0, 0.05) is 25.2 Å². The van der Waals surface area contributed by atoms with E-state index in [1.165, 1.54) is 6.07 Å². The zero-order chi connectivity index (χ0) is 18.1. The van der Waals surface area contributed by atoms with Crippen LogP contribution in [-0.2, 0) is 10.0 Å². The minimum Gasteiger partial charge on any atom is -0.365 e. The van der Waals surface area contributed by atoms with Crippen LogP contribution in [0.3, 0.4) is 0 Å². The van der Waals surface area contributed by atoms with Crippen LogP contribution in [0.5, 0.6) is 0 Å². The molecule has 0 aromatic heterocycles. The minimum absolute atomic E-state index is 0.0789. The molecule has 1 aliphatic rings. The molecule has 1 N–H and O–H groups in total. The van der Waals surface area contributed by atoms with Crippen LogP contribution in [0.4, 0.5) is 11.4 Å². The van der Waals surface area contributed by atoms with Crippen LogP contribution in [0.25, 0.3) is 0 Å². The van der Waals surface area contributed by atoms with Gasteiger partial charge in [-0.3, -0.25) is 10.1 Å². The lowest BCUT2D eigenvalue weighted by atomic mass is 9.91. The third-order valence-corrected chi connectivity index (χ3v) is 5.71. The van der Waals surface area contributed by atoms with Gasteiger partial charge >= 0.3 is 0 Å². The number of benzene rings is 1. The van der Waals surface area contributed by atoms with E-state index in [4.69, 9.17) is 0 Å². The topological polar surface area (TPSA) is 92.6 Å². The minimum atomic E-state index is -3.76. The molecule has 0 bridgehead atoms. The number of rotatable bonds is 5. The molecule has 134 valence electrons. The Bertz CT molecular complexity index is 708. The fraction of sp³-hybridized carbons (Fsp3) is 0.625. The third kappa shape index (κ3) is 4.24. The van der Waals surface area contributed by atoms with Gasteiger partial charge < -0.3 is 4.90 Å². The fourth-order valence-electron chi connectivity index (χ4n) is 3.32. The molecule has 2 rings (SSSR count). The van der Waals surface area contributed by atoms with Gasteiger partial charge in [-0.15, -0.1) is 0 Å². The molecule has 24 heavy (non-hydrogen) atoms. The van der Waals surface area contributed by atoms with Crippen molar-refractivity contribution in [3.8, 4) is 0 Å². The number of nitro benzene ring substituents is 1. The van der Waals surface area contributed by atoms with Crippen LogP contribution in [0.1, 0.15) is 34.1 Å². The van der Waals surface area contributed by atoms with E-state index in [2.05, 4.69) is 18.6 Å². The lowest BCUT2D eigenvalue weighted by Crippen LogP contribution is -2.39. The summed E-state index contributed by atoms with van der Waals surface area (Å²) in [5, 5.41) is 11.5. The monoisotopic (exact) mass is 355 g/mol. The van der Waals surface area contributed by atoms with Crippen LogP contribution in [0, 0.1) is 22.0 Å². The van der Waals surface area contributed by atoms with Crippen molar-refractivity contribution in [2.45, 2.75) is 45.1 Å². The summed E-state index contributed by atoms with van der Waals surface area (Å²) in [7, 11) is -3.76. The Hall–Kier alpha value is -1.67. The summed E-state index contributed by atoms with van der Waals surface area (Å²) in [5.41, 5.74) is 0.324. The van der Waals surface area contributed by atoms with Crippen molar-refractivity contribution in [1.29, 1.82) is 0 Å². The van der Waals surface area contributed by atoms with Gasteiger partial charge in [-0.1, -0.05) is 13.8 Å². The fourth-order valence-corrected chi connectivity index (χ4v) is 4.59. The second kappa shape index (κ2) is 7.06. The van der Waals surface area contributed by atoms with Crippen molar-refractivity contribution < 1.29 is 13.3 Å². The van der Waals surface area contributed by atoms with E-state index in [9.17, 15) is 18.5 Å². The van der Waals surface area contributed by atoms with Gasteiger partial charge in [0.15, 0.2) is 0 Å². The second-order valence-corrected chi connectivity index (χ2v) is 8.75. The first-order valence-electron chi connectivity index (χ1n) is 8.16. The molecule has 0 unspecified atom stereocenters. The second-order valence-electron chi connectivity index (χ2n) is 7.03. The molecule has 1 saturated heterocycles. The van der Waals surface area contributed by atoms with E-state index < -0.39 is 14.9 Å². The van der Waals surface area contributed by atoms with Gasteiger partial charge in [-0.25, -0.2) is 13.1 Å². The molecule has 1 heterocycles. The van der Waals surface area contributed by atoms with Crippen molar-refractivity contribution in [2.24, 2.45) is 11.8 Å². The van der Waals surface area contributed by atoms with Crippen molar-refractivity contribution in [3.05, 3.63) is 28.3 Å². The predicted molar refractivity (Wildman–Crippen MR) is 93.7 cm³/mol. The quantitative estimate of drug-likeness (QED) is 0.647. The number of sulfonamides is 1. The summed E-state index contributed by atoms with van der Waals surface area (Å²) < 4.78 is 27.0. The Morgan fingerprint density at radius 3 is 2.33 bits per heavy atom. The van der Waals surface area contributed by atoms with E-state index in [1.807, 2.05) is 4.90 Å². The number of nitro groups is 1. The average molecular weight is 355 g/mol. The van der Waals surface area contributed by atoms with Crippen LogP contribution < -0.4 is 9.62 Å². The number of piperidine rings is 1. The summed E-state index contributed by atoms with van der Waals surface area (Å²) >= 11 is 0. The highest BCUT2D eigenvalue weighted by atomic mass is 32.2. The van der Waals surface area contributed by atoms with Crippen LogP contribution in [0.2, 0.25) is 0 Å². The van der Waals surface area contributed by atoms with Crippen molar-refractivity contribution in [2.75, 3.05) is 18.0 Å². The zero-order valence-electron chi connectivity index (χ0n) is 14.5. The lowest BCUT2D eigenvalue weighted by molar-refractivity contribution is -0.384. The SMILES string of the molecule is CC(C)NS(=O)(=O)c1ccc(N2C[C@@H](C)C[C@H](C)C2)c([N+](=O)[O-])c1. The molecule has 0 amide bonds. The first-order valence-corrected chi connectivity index (χ1v) is 9.64. The summed E-state index contributed by atoms with van der Waals surface area (Å²) in [6.07, 6.45) is 1.09. The maximum Gasteiger partial charge on any atom is 0.293 e. The normalized spacial score (nSPS) is 22.0. The number of nitrogens with one attached hydrogen (secondary N) is 1. The van der Waals surface area contributed by atoms with E-state index in [-0.39, 0.29) is 16.6 Å². The molecular formula is C16H25N3O4S. The van der Waals surface area contributed by atoms with Gasteiger partial charge in [-0.05, 0) is 44.2 Å². The van der Waals surface area contributed by atoms with Crippen LogP contribution >= 0.6 is 0 Å². The van der Waals surface area contributed by atoms with Gasteiger partial charge in [-0.2, -0.15) is 0 Å². The maximum absolute atomic E-state index is 12.3. The molecule has 7 nitrogen and oxygen atoms in total. The number of nitrogens with zero attached hydrogens (tertiary/aromatic N) is 2. The van der Waals surface area contributed by atoms with Crippen molar-refractivity contribution in [1.82, 2.24) is 4.72 Å². The lowest BCUT2D eigenvalue weighted by Gasteiger charge is -2.36. The Balaban J connectivity index is 2.43.